The van der Waals surface area contributed by atoms with Gasteiger partial charge in [-0.2, -0.15) is 0 Å². The van der Waals surface area contributed by atoms with Gasteiger partial charge in [0.2, 0.25) is 0 Å². The lowest BCUT2D eigenvalue weighted by Crippen LogP contribution is -2.26. The largest absolute Gasteiger partial charge is 0.469 e. The van der Waals surface area contributed by atoms with Gasteiger partial charge in [0, 0.05) is 5.56 Å². The van der Waals surface area contributed by atoms with Gasteiger partial charge in [0.15, 0.2) is 0 Å². The first kappa shape index (κ1) is 19.7. The maximum atomic E-state index is 11.7. The number of rotatable bonds is 6. The molecule has 1 rings (SSSR count). The number of ether oxygens (including phenoxy) is 3. The van der Waals surface area contributed by atoms with Crippen LogP contribution in [0.2, 0.25) is 0 Å². The molecular weight excluding hydrogens is 308 g/mol. The predicted molar refractivity (Wildman–Crippen MR) is 90.3 cm³/mol. The Morgan fingerprint density at radius 1 is 1.17 bits per heavy atom. The highest BCUT2D eigenvalue weighted by atomic mass is 16.6. The fraction of sp³-hybridized carbons (Fsp3) is 0.474. The summed E-state index contributed by atoms with van der Waals surface area (Å²) in [6.45, 7) is 7.32. The van der Waals surface area contributed by atoms with Crippen LogP contribution in [0.3, 0.4) is 0 Å². The van der Waals surface area contributed by atoms with E-state index in [-0.39, 0.29) is 25.6 Å². The van der Waals surface area contributed by atoms with Crippen molar-refractivity contribution in [1.29, 1.82) is 0 Å². The summed E-state index contributed by atoms with van der Waals surface area (Å²) in [4.78, 5) is 23.2. The molecule has 0 spiro atoms. The Hall–Kier alpha value is -2.32. The number of methoxy groups -OCH3 is 1. The number of esters is 2. The van der Waals surface area contributed by atoms with E-state index >= 15 is 0 Å². The van der Waals surface area contributed by atoms with Crippen molar-refractivity contribution in [3.63, 3.8) is 0 Å². The van der Waals surface area contributed by atoms with Gasteiger partial charge >= 0.3 is 11.9 Å². The second-order valence-corrected chi connectivity index (χ2v) is 6.40. The minimum Gasteiger partial charge on any atom is -0.469 e. The fourth-order valence-corrected chi connectivity index (χ4v) is 2.10. The molecule has 0 aliphatic rings. The summed E-state index contributed by atoms with van der Waals surface area (Å²) < 4.78 is 15.3. The third kappa shape index (κ3) is 6.43. The number of benzene rings is 1. The normalized spacial score (nSPS) is 10.8. The van der Waals surface area contributed by atoms with Crippen molar-refractivity contribution in [1.82, 2.24) is 0 Å². The second kappa shape index (κ2) is 8.51. The molecule has 0 fully saturated rings. The van der Waals surface area contributed by atoms with Gasteiger partial charge in [-0.25, -0.2) is 4.79 Å². The van der Waals surface area contributed by atoms with Gasteiger partial charge in [-0.15, -0.1) is 6.42 Å². The molecule has 0 N–H and O–H groups in total. The summed E-state index contributed by atoms with van der Waals surface area (Å²) >= 11 is 0. The van der Waals surface area contributed by atoms with E-state index in [2.05, 4.69) is 5.92 Å². The van der Waals surface area contributed by atoms with E-state index in [4.69, 9.17) is 20.6 Å². The van der Waals surface area contributed by atoms with Crippen molar-refractivity contribution in [2.24, 2.45) is 0 Å². The van der Waals surface area contributed by atoms with Crippen LogP contribution >= 0.6 is 0 Å². The van der Waals surface area contributed by atoms with Crippen molar-refractivity contribution < 1.29 is 23.8 Å². The van der Waals surface area contributed by atoms with E-state index in [0.717, 1.165) is 16.7 Å². The Labute approximate surface area is 143 Å². The molecule has 0 saturated heterocycles. The maximum absolute atomic E-state index is 11.7. The second-order valence-electron chi connectivity index (χ2n) is 6.40. The highest BCUT2D eigenvalue weighted by Crippen LogP contribution is 2.19. The zero-order valence-electron chi connectivity index (χ0n) is 14.9. The number of carbonyl (C=O) groups excluding carboxylic acids is 2. The van der Waals surface area contributed by atoms with Crippen molar-refractivity contribution in [2.45, 2.75) is 46.3 Å². The maximum Gasteiger partial charge on any atom is 0.332 e. The quantitative estimate of drug-likeness (QED) is 0.592. The van der Waals surface area contributed by atoms with Gasteiger partial charge in [0.05, 0.1) is 20.1 Å². The zero-order chi connectivity index (χ0) is 18.3. The van der Waals surface area contributed by atoms with Gasteiger partial charge in [-0.05, 0) is 56.5 Å². The lowest BCUT2D eigenvalue weighted by Gasteiger charge is -2.19. The Morgan fingerprint density at radius 3 is 2.33 bits per heavy atom. The zero-order valence-corrected chi connectivity index (χ0v) is 14.9. The Bertz CT molecular complexity index is 647. The number of carbonyl (C=O) groups is 2. The summed E-state index contributed by atoms with van der Waals surface area (Å²) in [5.74, 6) is 1.79. The average molecular weight is 332 g/mol. The Balaban J connectivity index is 2.80. The number of terminal acetylenes is 1. The summed E-state index contributed by atoms with van der Waals surface area (Å²) in [7, 11) is 1.34. The highest BCUT2D eigenvalue weighted by Gasteiger charge is 2.17. The van der Waals surface area contributed by atoms with Crippen LogP contribution in [0.1, 0.15) is 43.0 Å². The standard InChI is InChI=1S/C19H24O5/c1-7-14-8-15(10-17(20)22-6)13(2)16(9-14)11-23-12-18(21)24-19(3,4)5/h1,8-9H,10-12H2,2-6H3. The van der Waals surface area contributed by atoms with Crippen molar-refractivity contribution in [3.8, 4) is 12.3 Å². The molecule has 5 heteroatoms. The van der Waals surface area contributed by atoms with Crippen LogP contribution in [0.5, 0.6) is 0 Å². The molecule has 0 unspecified atom stereocenters. The fourth-order valence-electron chi connectivity index (χ4n) is 2.10. The number of hydrogen-bond donors (Lipinski definition) is 0. The molecule has 24 heavy (non-hydrogen) atoms. The van der Waals surface area contributed by atoms with Crippen LogP contribution in [0.25, 0.3) is 0 Å². The molecule has 130 valence electrons. The molecule has 0 atom stereocenters. The molecule has 0 saturated carbocycles. The highest BCUT2D eigenvalue weighted by molar-refractivity contribution is 5.73. The van der Waals surface area contributed by atoms with Crippen molar-refractivity contribution >= 4 is 11.9 Å². The molecule has 0 aromatic heterocycles. The van der Waals surface area contributed by atoms with Crippen molar-refractivity contribution in [3.05, 3.63) is 34.4 Å². The molecule has 1 aromatic carbocycles. The minimum absolute atomic E-state index is 0.136. The molecule has 5 nitrogen and oxygen atoms in total. The van der Waals surface area contributed by atoms with Crippen LogP contribution in [0, 0.1) is 19.3 Å². The lowest BCUT2D eigenvalue weighted by atomic mass is 9.97. The van der Waals surface area contributed by atoms with Crippen LogP contribution in [-0.4, -0.2) is 31.3 Å². The van der Waals surface area contributed by atoms with Gasteiger partial charge in [-0.1, -0.05) is 5.92 Å². The molecule has 0 heterocycles. The molecule has 0 aliphatic carbocycles. The van der Waals surface area contributed by atoms with Crippen LogP contribution in [-0.2, 0) is 36.8 Å². The summed E-state index contributed by atoms with van der Waals surface area (Å²) in [5.41, 5.74) is 2.60. The molecule has 1 aromatic rings. The Kier molecular flexibility index (Phi) is 6.99. The van der Waals surface area contributed by atoms with Gasteiger partial charge < -0.3 is 14.2 Å². The monoisotopic (exact) mass is 332 g/mol. The molecule has 0 amide bonds. The van der Waals surface area contributed by atoms with Gasteiger partial charge in [-0.3, -0.25) is 4.79 Å². The lowest BCUT2D eigenvalue weighted by molar-refractivity contribution is -0.160. The summed E-state index contributed by atoms with van der Waals surface area (Å²) in [5, 5.41) is 0. The molecule has 0 radical (unpaired) electrons. The molecule has 0 bridgehead atoms. The van der Waals surface area contributed by atoms with E-state index in [1.165, 1.54) is 7.11 Å². The SMILES string of the molecule is C#Cc1cc(COCC(=O)OC(C)(C)C)c(C)c(CC(=O)OC)c1. The number of hydrogen-bond acceptors (Lipinski definition) is 5. The molecule has 0 aliphatic heterocycles. The van der Waals surface area contributed by atoms with Crippen molar-refractivity contribution in [2.75, 3.05) is 13.7 Å². The van der Waals surface area contributed by atoms with Crippen LogP contribution in [0.4, 0.5) is 0 Å². The van der Waals surface area contributed by atoms with E-state index in [9.17, 15) is 9.59 Å². The van der Waals surface area contributed by atoms with Gasteiger partial charge in [0.25, 0.3) is 0 Å². The Morgan fingerprint density at radius 2 is 1.79 bits per heavy atom. The average Bonchev–Trinajstić information content (AvgIpc) is 2.48. The topological polar surface area (TPSA) is 61.8 Å². The smallest absolute Gasteiger partial charge is 0.332 e. The van der Waals surface area contributed by atoms with Crippen LogP contribution in [0.15, 0.2) is 12.1 Å². The first-order valence-electron chi connectivity index (χ1n) is 7.61. The van der Waals surface area contributed by atoms with Gasteiger partial charge in [0.1, 0.15) is 12.2 Å². The van der Waals surface area contributed by atoms with Crippen LogP contribution < -0.4 is 0 Å². The summed E-state index contributed by atoms with van der Waals surface area (Å²) in [6.07, 6.45) is 5.60. The van der Waals surface area contributed by atoms with E-state index < -0.39 is 11.6 Å². The molecular formula is C19H24O5. The van der Waals surface area contributed by atoms with E-state index in [0.29, 0.717) is 5.56 Å². The van der Waals surface area contributed by atoms with E-state index in [1.54, 1.807) is 26.8 Å². The first-order chi connectivity index (χ1) is 11.2. The summed E-state index contributed by atoms with van der Waals surface area (Å²) in [6, 6.07) is 3.59. The minimum atomic E-state index is -0.548. The third-order valence-electron chi connectivity index (χ3n) is 3.25. The van der Waals surface area contributed by atoms with E-state index in [1.807, 2.05) is 13.0 Å². The third-order valence-corrected chi connectivity index (χ3v) is 3.25. The first-order valence-corrected chi connectivity index (χ1v) is 7.61. The predicted octanol–water partition coefficient (Wildman–Crippen LogP) is 2.55.